The molecule has 1 aliphatic rings. The first-order chi connectivity index (χ1) is 12.5. The highest BCUT2D eigenvalue weighted by molar-refractivity contribution is 7.98. The lowest BCUT2D eigenvalue weighted by Gasteiger charge is -2.18. The molecule has 1 heterocycles. The fourth-order valence-electron chi connectivity index (χ4n) is 3.18. The Bertz CT molecular complexity index is 1100. The van der Waals surface area contributed by atoms with E-state index in [1.807, 2.05) is 30.5 Å². The van der Waals surface area contributed by atoms with E-state index >= 15 is 0 Å². The van der Waals surface area contributed by atoms with Gasteiger partial charge < -0.3 is 5.11 Å². The van der Waals surface area contributed by atoms with Crippen LogP contribution in [0.25, 0.3) is 21.9 Å². The normalized spacial score (nSPS) is 16.3. The van der Waals surface area contributed by atoms with Crippen molar-refractivity contribution >= 4 is 38.4 Å². The Morgan fingerprint density at radius 3 is 2.58 bits per heavy atom. The molecule has 2 N–H and O–H groups in total. The van der Waals surface area contributed by atoms with E-state index in [-0.39, 0.29) is 5.75 Å². The van der Waals surface area contributed by atoms with Gasteiger partial charge in [0.25, 0.3) is 0 Å². The Morgan fingerprint density at radius 1 is 1.04 bits per heavy atom. The third-order valence-electron chi connectivity index (χ3n) is 4.49. The number of anilines is 1. The predicted octanol–water partition coefficient (Wildman–Crippen LogP) is 3.59. The zero-order chi connectivity index (χ0) is 18.3. The van der Waals surface area contributed by atoms with Crippen LogP contribution in [-0.2, 0) is 10.2 Å². The Morgan fingerprint density at radius 2 is 1.85 bits per heavy atom. The lowest BCUT2D eigenvalue weighted by Crippen LogP contribution is -2.29. The summed E-state index contributed by atoms with van der Waals surface area (Å²) in [5, 5.41) is 12.1. The van der Waals surface area contributed by atoms with E-state index in [1.165, 1.54) is 9.20 Å². The first-order valence-corrected chi connectivity index (χ1v) is 10.8. The molecule has 7 heteroatoms. The van der Waals surface area contributed by atoms with E-state index < -0.39 is 10.2 Å². The van der Waals surface area contributed by atoms with E-state index in [0.717, 1.165) is 21.9 Å². The summed E-state index contributed by atoms with van der Waals surface area (Å²) in [5.41, 5.74) is 2.45. The van der Waals surface area contributed by atoms with Gasteiger partial charge in [0, 0.05) is 18.0 Å². The van der Waals surface area contributed by atoms with Crippen molar-refractivity contribution in [3.63, 3.8) is 0 Å². The van der Waals surface area contributed by atoms with Crippen LogP contribution in [0.5, 0.6) is 5.75 Å². The van der Waals surface area contributed by atoms with E-state index in [2.05, 4.69) is 22.9 Å². The van der Waals surface area contributed by atoms with Crippen LogP contribution in [0.15, 0.2) is 59.5 Å². The fourth-order valence-corrected chi connectivity index (χ4v) is 4.88. The first kappa shape index (κ1) is 17.2. The molecule has 1 saturated heterocycles. The number of hydrogen-bond acceptors (Lipinski definition) is 4. The van der Waals surface area contributed by atoms with Crippen LogP contribution in [-0.4, -0.2) is 32.9 Å². The smallest absolute Gasteiger partial charge is 0.301 e. The maximum atomic E-state index is 12.1. The minimum Gasteiger partial charge on any atom is -0.506 e. The molecule has 0 radical (unpaired) electrons. The SMILES string of the molecule is CSc1cccc(-c2ccc3cc(O)c(N4CCNS4(=O)=O)cc3c2)c1. The number of fused-ring (bicyclic) bond motifs is 1. The average molecular weight is 386 g/mol. The molecule has 0 bridgehead atoms. The highest BCUT2D eigenvalue weighted by atomic mass is 32.2. The minimum absolute atomic E-state index is 0.0399. The molecule has 5 nitrogen and oxygen atoms in total. The van der Waals surface area contributed by atoms with Gasteiger partial charge >= 0.3 is 10.2 Å². The highest BCUT2D eigenvalue weighted by Gasteiger charge is 2.30. The third kappa shape index (κ3) is 3.02. The number of benzene rings is 3. The molecule has 0 unspecified atom stereocenters. The molecular weight excluding hydrogens is 368 g/mol. The van der Waals surface area contributed by atoms with E-state index in [4.69, 9.17) is 0 Å². The van der Waals surface area contributed by atoms with Gasteiger partial charge in [0.1, 0.15) is 5.75 Å². The fraction of sp³-hybridized carbons (Fsp3) is 0.158. The summed E-state index contributed by atoms with van der Waals surface area (Å²) in [7, 11) is -3.58. The van der Waals surface area contributed by atoms with E-state index in [9.17, 15) is 13.5 Å². The molecule has 0 aliphatic carbocycles. The summed E-state index contributed by atoms with van der Waals surface area (Å²) >= 11 is 1.69. The second-order valence-electron chi connectivity index (χ2n) is 6.11. The van der Waals surface area contributed by atoms with Gasteiger partial charge in [-0.3, -0.25) is 4.31 Å². The van der Waals surface area contributed by atoms with E-state index in [0.29, 0.717) is 18.8 Å². The standard InChI is InChI=1S/C19H18N2O3S2/c1-25-17-4-2-3-13(10-17)14-5-6-15-12-19(22)18(11-16(15)9-14)21-8-7-20-26(21,23)24/h2-6,9-12,20,22H,7-8H2,1H3. The molecule has 0 saturated carbocycles. The molecule has 3 aromatic rings. The van der Waals surface area contributed by atoms with Crippen molar-refractivity contribution in [2.75, 3.05) is 23.7 Å². The second kappa shape index (κ2) is 6.50. The second-order valence-corrected chi connectivity index (χ2v) is 8.67. The Kier molecular flexibility index (Phi) is 4.30. The quantitative estimate of drug-likeness (QED) is 0.675. The van der Waals surface area contributed by atoms with Gasteiger partial charge in [-0.25, -0.2) is 0 Å². The van der Waals surface area contributed by atoms with Crippen molar-refractivity contribution in [2.24, 2.45) is 0 Å². The van der Waals surface area contributed by atoms with Crippen LogP contribution in [0.3, 0.4) is 0 Å². The largest absolute Gasteiger partial charge is 0.506 e. The molecule has 0 aromatic heterocycles. The molecular formula is C19H18N2O3S2. The molecule has 0 atom stereocenters. The highest BCUT2D eigenvalue weighted by Crippen LogP contribution is 2.36. The monoisotopic (exact) mass is 386 g/mol. The third-order valence-corrected chi connectivity index (χ3v) is 6.75. The summed E-state index contributed by atoms with van der Waals surface area (Å²) < 4.78 is 27.9. The topological polar surface area (TPSA) is 69.6 Å². The zero-order valence-corrected chi connectivity index (χ0v) is 15.8. The number of phenolic OH excluding ortho intramolecular Hbond substituents is 1. The van der Waals surface area contributed by atoms with Crippen LogP contribution in [0.4, 0.5) is 5.69 Å². The van der Waals surface area contributed by atoms with Gasteiger partial charge in [-0.15, -0.1) is 11.8 Å². The maximum Gasteiger partial charge on any atom is 0.301 e. The number of rotatable bonds is 3. The Balaban J connectivity index is 1.83. The van der Waals surface area contributed by atoms with Gasteiger partial charge in [0.2, 0.25) is 0 Å². The predicted molar refractivity (Wildman–Crippen MR) is 107 cm³/mol. The Hall–Kier alpha value is -2.22. The number of nitrogens with one attached hydrogen (secondary N) is 1. The molecule has 0 amide bonds. The number of hydrogen-bond donors (Lipinski definition) is 2. The summed E-state index contributed by atoms with van der Waals surface area (Å²) in [6.07, 6.45) is 2.04. The van der Waals surface area contributed by atoms with E-state index in [1.54, 1.807) is 23.9 Å². The van der Waals surface area contributed by atoms with Crippen molar-refractivity contribution < 1.29 is 13.5 Å². The maximum absolute atomic E-state index is 12.1. The summed E-state index contributed by atoms with van der Waals surface area (Å²) in [5.74, 6) is -0.0399. The number of thioether (sulfide) groups is 1. The van der Waals surface area contributed by atoms with Gasteiger partial charge in [-0.2, -0.15) is 13.1 Å². The van der Waals surface area contributed by atoms with Crippen LogP contribution in [0.1, 0.15) is 0 Å². The minimum atomic E-state index is -3.58. The van der Waals surface area contributed by atoms with Crippen molar-refractivity contribution in [1.82, 2.24) is 4.72 Å². The van der Waals surface area contributed by atoms with Crippen molar-refractivity contribution in [3.8, 4) is 16.9 Å². The van der Waals surface area contributed by atoms with Crippen LogP contribution >= 0.6 is 11.8 Å². The van der Waals surface area contributed by atoms with Crippen molar-refractivity contribution in [1.29, 1.82) is 0 Å². The van der Waals surface area contributed by atoms with Gasteiger partial charge in [-0.1, -0.05) is 24.3 Å². The van der Waals surface area contributed by atoms with Gasteiger partial charge in [-0.05, 0) is 58.5 Å². The number of phenols is 1. The molecule has 4 rings (SSSR count). The van der Waals surface area contributed by atoms with Crippen molar-refractivity contribution in [3.05, 3.63) is 54.6 Å². The van der Waals surface area contributed by atoms with Gasteiger partial charge in [0.15, 0.2) is 0 Å². The summed E-state index contributed by atoms with van der Waals surface area (Å²) in [6, 6.07) is 17.6. The molecule has 3 aromatic carbocycles. The van der Waals surface area contributed by atoms with Gasteiger partial charge in [0.05, 0.1) is 5.69 Å². The summed E-state index contributed by atoms with van der Waals surface area (Å²) in [4.78, 5) is 1.18. The molecule has 1 aliphatic heterocycles. The summed E-state index contributed by atoms with van der Waals surface area (Å²) in [6.45, 7) is 0.637. The van der Waals surface area contributed by atoms with Crippen LogP contribution < -0.4 is 9.03 Å². The number of nitrogens with zero attached hydrogens (tertiary/aromatic N) is 1. The molecule has 0 spiro atoms. The average Bonchev–Trinajstić information content (AvgIpc) is 2.99. The lowest BCUT2D eigenvalue weighted by molar-refractivity contribution is 0.476. The molecule has 134 valence electrons. The zero-order valence-electron chi connectivity index (χ0n) is 14.1. The lowest BCUT2D eigenvalue weighted by atomic mass is 10.0. The molecule has 26 heavy (non-hydrogen) atoms. The Labute approximate surface area is 156 Å². The van der Waals surface area contributed by atoms with Crippen LogP contribution in [0.2, 0.25) is 0 Å². The van der Waals surface area contributed by atoms with Crippen LogP contribution in [0, 0.1) is 0 Å². The molecule has 1 fully saturated rings. The first-order valence-electron chi connectivity index (χ1n) is 8.16. The van der Waals surface area contributed by atoms with Crippen molar-refractivity contribution in [2.45, 2.75) is 4.90 Å². The number of aromatic hydroxyl groups is 1.